The minimum absolute atomic E-state index is 0.136. The molecular formula is C15H24N2O2. The second kappa shape index (κ2) is 6.15. The van der Waals surface area contributed by atoms with Crippen LogP contribution in [0.25, 0.3) is 0 Å². The zero-order valence-electron chi connectivity index (χ0n) is 12.1. The molecule has 0 radical (unpaired) electrons. The molecule has 1 fully saturated rings. The van der Waals surface area contributed by atoms with Gasteiger partial charge >= 0.3 is 0 Å². The molecule has 1 aliphatic rings. The van der Waals surface area contributed by atoms with Crippen LogP contribution in [0, 0.1) is 5.92 Å². The van der Waals surface area contributed by atoms with Gasteiger partial charge in [-0.2, -0.15) is 0 Å². The molecule has 4 heteroatoms. The summed E-state index contributed by atoms with van der Waals surface area (Å²) in [7, 11) is 1.76. The van der Waals surface area contributed by atoms with Gasteiger partial charge in [-0.05, 0) is 32.4 Å². The molecule has 0 spiro atoms. The summed E-state index contributed by atoms with van der Waals surface area (Å²) in [6, 6.07) is 6.01. The van der Waals surface area contributed by atoms with Crippen molar-refractivity contribution < 1.29 is 9.47 Å². The summed E-state index contributed by atoms with van der Waals surface area (Å²) in [5.74, 6) is 1.38. The van der Waals surface area contributed by atoms with Crippen molar-refractivity contribution in [2.24, 2.45) is 5.92 Å². The van der Waals surface area contributed by atoms with E-state index in [1.807, 2.05) is 26.0 Å². The lowest BCUT2D eigenvalue weighted by Gasteiger charge is -2.22. The van der Waals surface area contributed by atoms with Gasteiger partial charge in [0.15, 0.2) is 0 Å². The molecule has 0 bridgehead atoms. The molecular weight excluding hydrogens is 240 g/mol. The molecule has 1 unspecified atom stereocenters. The number of nitrogens with two attached hydrogens (primary N) is 1. The minimum Gasteiger partial charge on any atom is -0.489 e. The van der Waals surface area contributed by atoms with E-state index in [0.717, 1.165) is 43.2 Å². The number of rotatable bonds is 5. The van der Waals surface area contributed by atoms with Crippen molar-refractivity contribution in [3.8, 4) is 5.75 Å². The van der Waals surface area contributed by atoms with Crippen molar-refractivity contribution in [2.75, 3.05) is 37.4 Å². The summed E-state index contributed by atoms with van der Waals surface area (Å²) in [4.78, 5) is 2.33. The van der Waals surface area contributed by atoms with E-state index < -0.39 is 0 Å². The van der Waals surface area contributed by atoms with Crippen molar-refractivity contribution in [1.29, 1.82) is 0 Å². The Kier molecular flexibility index (Phi) is 4.53. The highest BCUT2D eigenvalue weighted by Crippen LogP contribution is 2.35. The van der Waals surface area contributed by atoms with Crippen molar-refractivity contribution in [3.05, 3.63) is 18.2 Å². The standard InChI is InChI=1S/C15H24N2O2/c1-11(2)19-14-6-4-5-13(15(14)16)17-8-7-12(9-17)10-18-3/h4-6,11-12H,7-10,16H2,1-3H3. The molecule has 19 heavy (non-hydrogen) atoms. The molecule has 0 saturated carbocycles. The van der Waals surface area contributed by atoms with E-state index in [1.54, 1.807) is 7.11 Å². The molecule has 2 N–H and O–H groups in total. The molecule has 1 aromatic rings. The Labute approximate surface area is 115 Å². The lowest BCUT2D eigenvalue weighted by Crippen LogP contribution is -2.22. The summed E-state index contributed by atoms with van der Waals surface area (Å²) in [6.45, 7) is 6.87. The fourth-order valence-electron chi connectivity index (χ4n) is 2.59. The van der Waals surface area contributed by atoms with Gasteiger partial charge in [-0.25, -0.2) is 0 Å². The van der Waals surface area contributed by atoms with E-state index in [2.05, 4.69) is 11.0 Å². The molecule has 1 atom stereocenters. The molecule has 2 rings (SSSR count). The van der Waals surface area contributed by atoms with Gasteiger partial charge in [0, 0.05) is 26.1 Å². The van der Waals surface area contributed by atoms with Crippen LogP contribution in [0.4, 0.5) is 11.4 Å². The fraction of sp³-hybridized carbons (Fsp3) is 0.600. The van der Waals surface area contributed by atoms with Crippen LogP contribution in [-0.4, -0.2) is 32.9 Å². The maximum atomic E-state index is 6.23. The Morgan fingerprint density at radius 3 is 2.89 bits per heavy atom. The molecule has 0 aromatic heterocycles. The number of nitrogen functional groups attached to an aromatic ring is 1. The third-order valence-corrected chi connectivity index (χ3v) is 3.43. The summed E-state index contributed by atoms with van der Waals surface area (Å²) in [6.07, 6.45) is 1.29. The van der Waals surface area contributed by atoms with Gasteiger partial charge in [0.2, 0.25) is 0 Å². The second-order valence-corrected chi connectivity index (χ2v) is 5.41. The molecule has 1 heterocycles. The Morgan fingerprint density at radius 2 is 2.21 bits per heavy atom. The van der Waals surface area contributed by atoms with E-state index in [4.69, 9.17) is 15.2 Å². The molecule has 0 amide bonds. The normalized spacial score (nSPS) is 19.2. The SMILES string of the molecule is COCC1CCN(c2cccc(OC(C)C)c2N)C1. The van der Waals surface area contributed by atoms with E-state index in [1.165, 1.54) is 0 Å². The molecule has 106 valence electrons. The maximum absolute atomic E-state index is 6.23. The molecule has 0 aliphatic carbocycles. The lowest BCUT2D eigenvalue weighted by molar-refractivity contribution is 0.161. The van der Waals surface area contributed by atoms with E-state index in [9.17, 15) is 0 Å². The molecule has 1 saturated heterocycles. The molecule has 1 aromatic carbocycles. The second-order valence-electron chi connectivity index (χ2n) is 5.41. The highest BCUT2D eigenvalue weighted by molar-refractivity contribution is 5.74. The first kappa shape index (κ1) is 14.0. The number of methoxy groups -OCH3 is 1. The van der Waals surface area contributed by atoms with Crippen LogP contribution in [0.5, 0.6) is 5.75 Å². The van der Waals surface area contributed by atoms with Gasteiger partial charge < -0.3 is 20.1 Å². The first-order chi connectivity index (χ1) is 9.11. The Morgan fingerprint density at radius 1 is 1.42 bits per heavy atom. The van der Waals surface area contributed by atoms with E-state index in [0.29, 0.717) is 5.92 Å². The van der Waals surface area contributed by atoms with E-state index >= 15 is 0 Å². The monoisotopic (exact) mass is 264 g/mol. The summed E-state index contributed by atoms with van der Waals surface area (Å²) < 4.78 is 11.0. The molecule has 4 nitrogen and oxygen atoms in total. The van der Waals surface area contributed by atoms with Gasteiger partial charge in [0.25, 0.3) is 0 Å². The van der Waals surface area contributed by atoms with Crippen LogP contribution in [0.2, 0.25) is 0 Å². The molecule has 1 aliphatic heterocycles. The number of nitrogens with zero attached hydrogens (tertiary/aromatic N) is 1. The van der Waals surface area contributed by atoms with Gasteiger partial charge in [-0.1, -0.05) is 6.07 Å². The van der Waals surface area contributed by atoms with Gasteiger partial charge in [0.05, 0.1) is 24.1 Å². The van der Waals surface area contributed by atoms with Crippen molar-refractivity contribution in [2.45, 2.75) is 26.4 Å². The number of ether oxygens (including phenoxy) is 2. The van der Waals surface area contributed by atoms with Crippen molar-refractivity contribution >= 4 is 11.4 Å². The van der Waals surface area contributed by atoms with Crippen molar-refractivity contribution in [1.82, 2.24) is 0 Å². The fourth-order valence-corrected chi connectivity index (χ4v) is 2.59. The Balaban J connectivity index is 2.12. The van der Waals surface area contributed by atoms with Gasteiger partial charge in [-0.3, -0.25) is 0 Å². The van der Waals surface area contributed by atoms with E-state index in [-0.39, 0.29) is 6.10 Å². The van der Waals surface area contributed by atoms with Gasteiger partial charge in [-0.15, -0.1) is 0 Å². The van der Waals surface area contributed by atoms with Crippen LogP contribution in [-0.2, 0) is 4.74 Å². The number of anilines is 2. The third kappa shape index (κ3) is 3.32. The summed E-state index contributed by atoms with van der Waals surface area (Å²) in [5.41, 5.74) is 8.06. The lowest BCUT2D eigenvalue weighted by atomic mass is 10.1. The highest BCUT2D eigenvalue weighted by atomic mass is 16.5. The van der Waals surface area contributed by atoms with Crippen LogP contribution in [0.15, 0.2) is 18.2 Å². The van der Waals surface area contributed by atoms with Crippen LogP contribution >= 0.6 is 0 Å². The minimum atomic E-state index is 0.136. The Hall–Kier alpha value is -1.42. The predicted molar refractivity (Wildman–Crippen MR) is 78.8 cm³/mol. The maximum Gasteiger partial charge on any atom is 0.144 e. The summed E-state index contributed by atoms with van der Waals surface area (Å²) >= 11 is 0. The first-order valence-electron chi connectivity index (χ1n) is 6.90. The quantitative estimate of drug-likeness (QED) is 0.830. The van der Waals surface area contributed by atoms with Crippen molar-refractivity contribution in [3.63, 3.8) is 0 Å². The first-order valence-corrected chi connectivity index (χ1v) is 6.90. The number of hydrogen-bond acceptors (Lipinski definition) is 4. The topological polar surface area (TPSA) is 47.7 Å². The smallest absolute Gasteiger partial charge is 0.144 e. The summed E-state index contributed by atoms with van der Waals surface area (Å²) in [5, 5.41) is 0. The Bertz CT molecular complexity index is 421. The highest BCUT2D eigenvalue weighted by Gasteiger charge is 2.24. The number of benzene rings is 1. The van der Waals surface area contributed by atoms with Crippen LogP contribution in [0.1, 0.15) is 20.3 Å². The average molecular weight is 264 g/mol. The number of hydrogen-bond donors (Lipinski definition) is 1. The largest absolute Gasteiger partial charge is 0.489 e. The zero-order valence-corrected chi connectivity index (χ0v) is 12.1. The van der Waals surface area contributed by atoms with Crippen LogP contribution in [0.3, 0.4) is 0 Å². The zero-order chi connectivity index (χ0) is 13.8. The van der Waals surface area contributed by atoms with Gasteiger partial charge in [0.1, 0.15) is 5.75 Å². The third-order valence-electron chi connectivity index (χ3n) is 3.43. The average Bonchev–Trinajstić information content (AvgIpc) is 2.80. The number of para-hydroxylation sites is 1. The van der Waals surface area contributed by atoms with Crippen LogP contribution < -0.4 is 15.4 Å². The predicted octanol–water partition coefficient (Wildman–Crippen LogP) is 2.53.